The van der Waals surface area contributed by atoms with Gasteiger partial charge in [0.1, 0.15) is 0 Å². The van der Waals surface area contributed by atoms with E-state index < -0.39 is 0 Å². The summed E-state index contributed by atoms with van der Waals surface area (Å²) in [5.41, 5.74) is 7.03. The lowest BCUT2D eigenvalue weighted by Crippen LogP contribution is -2.45. The van der Waals surface area contributed by atoms with Crippen molar-refractivity contribution >= 4 is 26.8 Å². The first-order valence-corrected chi connectivity index (χ1v) is 10.3. The van der Waals surface area contributed by atoms with Crippen molar-refractivity contribution in [3.8, 4) is 11.3 Å². The van der Waals surface area contributed by atoms with Gasteiger partial charge in [0.15, 0.2) is 0 Å². The van der Waals surface area contributed by atoms with Gasteiger partial charge in [-0.15, -0.1) is 0 Å². The van der Waals surface area contributed by atoms with E-state index in [-0.39, 0.29) is 0 Å². The van der Waals surface area contributed by atoms with Gasteiger partial charge >= 0.3 is 0 Å². The molecule has 1 fully saturated rings. The van der Waals surface area contributed by atoms with Gasteiger partial charge in [0.2, 0.25) is 0 Å². The number of rotatable bonds is 3. The van der Waals surface area contributed by atoms with Crippen molar-refractivity contribution in [3.63, 3.8) is 0 Å². The Labute approximate surface area is 163 Å². The minimum absolute atomic E-state index is 0.995. The topological polar surface area (TPSA) is 11.4 Å². The molecule has 4 heteroatoms. The zero-order valence-corrected chi connectivity index (χ0v) is 16.8. The molecule has 26 heavy (non-hydrogen) atoms. The second-order valence-electron chi connectivity index (χ2n) is 7.63. The molecule has 3 aromatic rings. The second-order valence-corrected chi connectivity index (χ2v) is 8.48. The fourth-order valence-corrected chi connectivity index (χ4v) is 4.98. The maximum Gasteiger partial charge on any atom is 0.0498 e. The molecule has 134 valence electrons. The maximum atomic E-state index is 3.82. The van der Waals surface area contributed by atoms with Crippen molar-refractivity contribution in [1.29, 1.82) is 0 Å². The summed E-state index contributed by atoms with van der Waals surface area (Å²) in [6.07, 6.45) is 1.10. The van der Waals surface area contributed by atoms with E-state index >= 15 is 0 Å². The molecular formula is C22H24BrN3. The highest BCUT2D eigenvalue weighted by atomic mass is 79.9. The van der Waals surface area contributed by atoms with Gasteiger partial charge in [0.05, 0.1) is 0 Å². The predicted molar refractivity (Wildman–Crippen MR) is 112 cm³/mol. The molecule has 1 aromatic heterocycles. The van der Waals surface area contributed by atoms with E-state index in [1.807, 2.05) is 0 Å². The van der Waals surface area contributed by atoms with E-state index in [0.29, 0.717) is 0 Å². The molecule has 0 unspecified atom stereocenters. The molecule has 0 saturated carbocycles. The first-order chi connectivity index (χ1) is 12.7. The number of halogens is 1. The average molecular weight is 410 g/mol. The number of likely N-dealkylation sites (N-methyl/N-ethyl adjacent to an activating group) is 1. The van der Waals surface area contributed by atoms with Crippen molar-refractivity contribution in [2.75, 3.05) is 39.8 Å². The molecule has 0 amide bonds. The Balaban J connectivity index is 1.48. The molecular weight excluding hydrogens is 386 g/mol. The fraction of sp³-hybridized carbons (Fsp3) is 0.364. The Morgan fingerprint density at radius 2 is 1.81 bits per heavy atom. The Kier molecular flexibility index (Phi) is 4.15. The Bertz CT molecular complexity index is 967. The quantitative estimate of drug-likeness (QED) is 0.501. The molecule has 0 bridgehead atoms. The minimum atomic E-state index is 0.995. The second kappa shape index (κ2) is 6.52. The third-order valence-corrected chi connectivity index (χ3v) is 6.78. The highest BCUT2D eigenvalue weighted by Crippen LogP contribution is 2.39. The van der Waals surface area contributed by atoms with Crippen molar-refractivity contribution in [2.45, 2.75) is 13.0 Å². The van der Waals surface area contributed by atoms with E-state index in [1.165, 1.54) is 63.9 Å². The number of nitrogens with zero attached hydrogens (tertiary/aromatic N) is 3. The molecule has 1 saturated heterocycles. The van der Waals surface area contributed by atoms with Gasteiger partial charge in [-0.3, -0.25) is 0 Å². The van der Waals surface area contributed by atoms with Crippen LogP contribution in [0.5, 0.6) is 0 Å². The lowest BCUT2D eigenvalue weighted by atomic mass is 10.0. The number of benzene rings is 2. The first kappa shape index (κ1) is 16.5. The minimum Gasteiger partial charge on any atom is -0.336 e. The number of fused-ring (bicyclic) bond motifs is 5. The molecule has 0 N–H and O–H groups in total. The molecule has 3 nitrogen and oxygen atoms in total. The molecule has 2 aliphatic heterocycles. The van der Waals surface area contributed by atoms with E-state index in [0.717, 1.165) is 19.5 Å². The standard InChI is InChI=1S/C22H24BrN3/c1-24-10-12-25(13-11-24)9-8-18-19-14-22-17-5-3-2-4-16(17)15-26(22)21(19)7-6-20(18)23/h2-7,14H,8-13,15H2,1H3. The summed E-state index contributed by atoms with van der Waals surface area (Å²) >= 11 is 3.82. The van der Waals surface area contributed by atoms with Crippen LogP contribution in [0.4, 0.5) is 0 Å². The Hall–Kier alpha value is -1.62. The van der Waals surface area contributed by atoms with E-state index in [9.17, 15) is 0 Å². The molecule has 0 aliphatic carbocycles. The summed E-state index contributed by atoms with van der Waals surface area (Å²) < 4.78 is 3.72. The van der Waals surface area contributed by atoms with E-state index in [4.69, 9.17) is 0 Å². The van der Waals surface area contributed by atoms with Gasteiger partial charge in [-0.2, -0.15) is 0 Å². The highest BCUT2D eigenvalue weighted by Gasteiger charge is 2.22. The lowest BCUT2D eigenvalue weighted by Gasteiger charge is -2.32. The summed E-state index contributed by atoms with van der Waals surface area (Å²) in [6, 6.07) is 15.7. The van der Waals surface area contributed by atoms with E-state index in [1.54, 1.807) is 0 Å². The molecule has 0 atom stereocenters. The molecule has 0 radical (unpaired) electrons. The van der Waals surface area contributed by atoms with Gasteiger partial charge in [-0.1, -0.05) is 40.2 Å². The van der Waals surface area contributed by atoms with Crippen LogP contribution in [0.3, 0.4) is 0 Å². The average Bonchev–Trinajstić information content (AvgIpc) is 3.18. The van der Waals surface area contributed by atoms with Gasteiger partial charge in [-0.25, -0.2) is 0 Å². The highest BCUT2D eigenvalue weighted by molar-refractivity contribution is 9.10. The van der Waals surface area contributed by atoms with Crippen LogP contribution in [0.25, 0.3) is 22.2 Å². The van der Waals surface area contributed by atoms with Gasteiger partial charge < -0.3 is 14.4 Å². The smallest absolute Gasteiger partial charge is 0.0498 e. The zero-order valence-electron chi connectivity index (χ0n) is 15.2. The largest absolute Gasteiger partial charge is 0.336 e. The van der Waals surface area contributed by atoms with Crippen LogP contribution in [0, 0.1) is 0 Å². The summed E-state index contributed by atoms with van der Waals surface area (Å²) in [4.78, 5) is 5.02. The summed E-state index contributed by atoms with van der Waals surface area (Å²) in [5, 5.41) is 1.41. The van der Waals surface area contributed by atoms with Crippen LogP contribution in [0.15, 0.2) is 46.9 Å². The van der Waals surface area contributed by atoms with Crippen molar-refractivity contribution in [2.24, 2.45) is 0 Å². The SMILES string of the molecule is CN1CCN(CCc2c(Br)ccc3c2cc2n3Cc3ccccc3-2)CC1. The van der Waals surface area contributed by atoms with Crippen LogP contribution in [0.2, 0.25) is 0 Å². The predicted octanol–water partition coefficient (Wildman–Crippen LogP) is 4.22. The molecule has 2 aliphatic rings. The van der Waals surface area contributed by atoms with Gasteiger partial charge in [0, 0.05) is 65.9 Å². The monoisotopic (exact) mass is 409 g/mol. The van der Waals surface area contributed by atoms with Crippen LogP contribution in [-0.4, -0.2) is 54.1 Å². The van der Waals surface area contributed by atoms with Crippen molar-refractivity contribution in [1.82, 2.24) is 14.4 Å². The Morgan fingerprint density at radius 3 is 2.65 bits per heavy atom. The van der Waals surface area contributed by atoms with E-state index in [2.05, 4.69) is 79.8 Å². The lowest BCUT2D eigenvalue weighted by molar-refractivity contribution is 0.155. The summed E-state index contributed by atoms with van der Waals surface area (Å²) in [6.45, 7) is 6.87. The van der Waals surface area contributed by atoms with Crippen LogP contribution in [0.1, 0.15) is 11.1 Å². The van der Waals surface area contributed by atoms with Crippen LogP contribution < -0.4 is 0 Å². The maximum absolute atomic E-state index is 3.82. The fourth-order valence-electron chi connectivity index (χ4n) is 4.43. The number of piperazine rings is 1. The summed E-state index contributed by atoms with van der Waals surface area (Å²) in [5.74, 6) is 0. The van der Waals surface area contributed by atoms with Gasteiger partial charge in [-0.05, 0) is 42.8 Å². The van der Waals surface area contributed by atoms with Crippen LogP contribution in [-0.2, 0) is 13.0 Å². The zero-order chi connectivity index (χ0) is 17.7. The van der Waals surface area contributed by atoms with Crippen molar-refractivity contribution in [3.05, 3.63) is 58.1 Å². The molecule has 2 aromatic carbocycles. The van der Waals surface area contributed by atoms with Crippen LogP contribution >= 0.6 is 15.9 Å². The third-order valence-electron chi connectivity index (χ3n) is 6.04. The first-order valence-electron chi connectivity index (χ1n) is 9.50. The molecule has 5 rings (SSSR count). The Morgan fingerprint density at radius 1 is 1.00 bits per heavy atom. The number of hydrogen-bond donors (Lipinski definition) is 0. The number of aromatic nitrogens is 1. The molecule has 3 heterocycles. The van der Waals surface area contributed by atoms with Gasteiger partial charge in [0.25, 0.3) is 0 Å². The normalized spacial score (nSPS) is 17.6. The molecule has 0 spiro atoms. The third kappa shape index (κ3) is 2.72. The number of hydrogen-bond acceptors (Lipinski definition) is 2. The van der Waals surface area contributed by atoms with Crippen molar-refractivity contribution < 1.29 is 0 Å². The summed E-state index contributed by atoms with van der Waals surface area (Å²) in [7, 11) is 2.22.